The van der Waals surface area contributed by atoms with Gasteiger partial charge in [0.25, 0.3) is 0 Å². The van der Waals surface area contributed by atoms with E-state index in [2.05, 4.69) is 24.1 Å². The van der Waals surface area contributed by atoms with Gasteiger partial charge in [-0.05, 0) is 19.3 Å². The van der Waals surface area contributed by atoms with Crippen molar-refractivity contribution in [2.75, 3.05) is 7.11 Å². The molecule has 5 heteroatoms. The molecule has 1 heterocycles. The van der Waals surface area contributed by atoms with Gasteiger partial charge in [0.2, 0.25) is 0 Å². The van der Waals surface area contributed by atoms with Crippen molar-refractivity contribution in [3.8, 4) is 6.08 Å². The molecule has 1 aliphatic carbocycles. The summed E-state index contributed by atoms with van der Waals surface area (Å²) in [6.07, 6.45) is 6.69. The molecule has 0 radical (unpaired) electrons. The van der Waals surface area contributed by atoms with E-state index in [-0.39, 0.29) is 6.10 Å². The summed E-state index contributed by atoms with van der Waals surface area (Å²) in [6.45, 7) is 4.91. The fraction of sp³-hybridized carbons (Fsp3) is 0.786. The van der Waals surface area contributed by atoms with Crippen LogP contribution in [-0.4, -0.2) is 30.3 Å². The smallest absolute Gasteiger partial charge is 0.394 e. The van der Waals surface area contributed by atoms with E-state index in [1.807, 2.05) is 0 Å². The highest BCUT2D eigenvalue weighted by molar-refractivity contribution is 5.00. The molecule has 5 nitrogen and oxygen atoms in total. The monoisotopic (exact) mass is 268 g/mol. The molecule has 2 atom stereocenters. The minimum Gasteiger partial charge on any atom is -0.447 e. The Bertz CT molecular complexity index is 379. The molecule has 0 aliphatic heterocycles. The summed E-state index contributed by atoms with van der Waals surface area (Å²) in [5.41, 5.74) is 0.878. The van der Waals surface area contributed by atoms with Crippen molar-refractivity contribution in [1.29, 1.82) is 0 Å². The molecule has 0 amide bonds. The summed E-state index contributed by atoms with van der Waals surface area (Å²) < 4.78 is 16.5. The molecule has 1 saturated carbocycles. The third-order valence-corrected chi connectivity index (χ3v) is 3.40. The van der Waals surface area contributed by atoms with E-state index in [0.717, 1.165) is 31.4 Å². The van der Waals surface area contributed by atoms with Crippen molar-refractivity contribution >= 4 is 0 Å². The van der Waals surface area contributed by atoms with Crippen LogP contribution in [0.3, 0.4) is 0 Å². The lowest BCUT2D eigenvalue weighted by Crippen LogP contribution is -2.29. The largest absolute Gasteiger partial charge is 0.447 e. The lowest BCUT2D eigenvalue weighted by molar-refractivity contribution is 0.0111. The number of nitrogens with zero attached hydrogens (tertiary/aromatic N) is 1. The van der Waals surface area contributed by atoms with Crippen LogP contribution in [0.2, 0.25) is 0 Å². The highest BCUT2D eigenvalue weighted by Crippen LogP contribution is 2.24. The second-order valence-electron chi connectivity index (χ2n) is 5.40. The first-order chi connectivity index (χ1) is 9.17. The van der Waals surface area contributed by atoms with Crippen LogP contribution in [0, 0.1) is 0 Å². The summed E-state index contributed by atoms with van der Waals surface area (Å²) >= 11 is 0. The van der Waals surface area contributed by atoms with Gasteiger partial charge in [-0.2, -0.15) is 4.98 Å². The highest BCUT2D eigenvalue weighted by atomic mass is 16.6. The Balaban J connectivity index is 1.82. The first kappa shape index (κ1) is 14.3. The Kier molecular flexibility index (Phi) is 5.22. The summed E-state index contributed by atoms with van der Waals surface area (Å²) in [5, 5.41) is 3.30. The van der Waals surface area contributed by atoms with Crippen LogP contribution >= 0.6 is 0 Å². The fourth-order valence-corrected chi connectivity index (χ4v) is 2.30. The van der Waals surface area contributed by atoms with Gasteiger partial charge in [-0.25, -0.2) is 0 Å². The van der Waals surface area contributed by atoms with Crippen molar-refractivity contribution in [2.45, 2.75) is 64.3 Å². The zero-order valence-corrected chi connectivity index (χ0v) is 12.0. The van der Waals surface area contributed by atoms with Gasteiger partial charge in [-0.3, -0.25) is 0 Å². The molecule has 1 aliphatic rings. The van der Waals surface area contributed by atoms with Gasteiger partial charge >= 0.3 is 6.08 Å². The zero-order valence-electron chi connectivity index (χ0n) is 12.0. The second kappa shape index (κ2) is 6.91. The van der Waals surface area contributed by atoms with E-state index < -0.39 is 0 Å². The number of hydrogen-bond donors (Lipinski definition) is 1. The van der Waals surface area contributed by atoms with E-state index in [4.69, 9.17) is 13.9 Å². The van der Waals surface area contributed by atoms with Crippen LogP contribution in [0.5, 0.6) is 6.08 Å². The quantitative estimate of drug-likeness (QED) is 0.859. The van der Waals surface area contributed by atoms with Crippen LogP contribution in [0.25, 0.3) is 0 Å². The summed E-state index contributed by atoms with van der Waals surface area (Å²) in [7, 11) is 1.76. The van der Waals surface area contributed by atoms with Crippen molar-refractivity contribution in [3.05, 3.63) is 12.0 Å². The number of ether oxygens (including phenoxy) is 2. The van der Waals surface area contributed by atoms with Gasteiger partial charge in [-0.1, -0.05) is 13.8 Å². The molecule has 0 spiro atoms. The fourth-order valence-electron chi connectivity index (χ4n) is 2.30. The Labute approximate surface area is 114 Å². The van der Waals surface area contributed by atoms with Gasteiger partial charge in [0.15, 0.2) is 0 Å². The average Bonchev–Trinajstić information content (AvgIpc) is 2.84. The van der Waals surface area contributed by atoms with Crippen molar-refractivity contribution in [3.63, 3.8) is 0 Å². The first-order valence-corrected chi connectivity index (χ1v) is 7.04. The molecule has 19 heavy (non-hydrogen) atoms. The topological polar surface area (TPSA) is 56.5 Å². The number of oxazole rings is 1. The number of methoxy groups -OCH3 is 1. The van der Waals surface area contributed by atoms with Gasteiger partial charge in [0.05, 0.1) is 11.8 Å². The third-order valence-electron chi connectivity index (χ3n) is 3.40. The van der Waals surface area contributed by atoms with Gasteiger partial charge in [0, 0.05) is 26.1 Å². The number of aromatic nitrogens is 1. The van der Waals surface area contributed by atoms with E-state index in [9.17, 15) is 0 Å². The molecule has 1 fully saturated rings. The predicted molar refractivity (Wildman–Crippen MR) is 72.2 cm³/mol. The van der Waals surface area contributed by atoms with Gasteiger partial charge in [0.1, 0.15) is 12.4 Å². The number of rotatable bonds is 6. The molecule has 108 valence electrons. The lowest BCUT2D eigenvalue weighted by atomic mass is 9.95. The lowest BCUT2D eigenvalue weighted by Gasteiger charge is -2.27. The molecule has 1 aromatic heterocycles. The Morgan fingerprint density at radius 2 is 2.21 bits per heavy atom. The zero-order chi connectivity index (χ0) is 13.7. The highest BCUT2D eigenvalue weighted by Gasteiger charge is 2.24. The van der Waals surface area contributed by atoms with Crippen molar-refractivity contribution < 1.29 is 13.9 Å². The molecular weight excluding hydrogens is 244 g/mol. The third kappa shape index (κ3) is 4.51. The van der Waals surface area contributed by atoms with Gasteiger partial charge < -0.3 is 19.2 Å². The van der Waals surface area contributed by atoms with E-state index in [1.165, 1.54) is 0 Å². The van der Waals surface area contributed by atoms with Crippen LogP contribution in [0.15, 0.2) is 10.7 Å². The normalized spacial score (nSPS) is 23.8. The Morgan fingerprint density at radius 3 is 2.95 bits per heavy atom. The molecule has 2 unspecified atom stereocenters. The van der Waals surface area contributed by atoms with Crippen LogP contribution in [0.4, 0.5) is 0 Å². The molecule has 0 aromatic carbocycles. The maximum atomic E-state index is 5.79. The number of hydrogen-bond acceptors (Lipinski definition) is 5. The van der Waals surface area contributed by atoms with E-state index in [1.54, 1.807) is 13.4 Å². The average molecular weight is 268 g/mol. The summed E-state index contributed by atoms with van der Waals surface area (Å²) in [6, 6.07) is 0.432. The number of nitrogens with one attached hydrogen (secondary N) is 1. The maximum Gasteiger partial charge on any atom is 0.394 e. The van der Waals surface area contributed by atoms with Crippen LogP contribution in [-0.2, 0) is 11.3 Å². The molecular formula is C14H24N2O3. The predicted octanol–water partition coefficient (Wildman–Crippen LogP) is 2.51. The molecule has 0 saturated heterocycles. The Morgan fingerprint density at radius 1 is 1.42 bits per heavy atom. The standard InChI is InChI=1S/C14H24N2O3/c1-10(2)15-8-11-9-18-14(16-11)19-13-6-4-5-12(7-13)17-3/h9-10,12-13,15H,4-8H2,1-3H3. The van der Waals surface area contributed by atoms with Crippen molar-refractivity contribution in [1.82, 2.24) is 10.3 Å². The van der Waals surface area contributed by atoms with Crippen LogP contribution < -0.4 is 10.1 Å². The molecule has 1 N–H and O–H groups in total. The van der Waals surface area contributed by atoms with E-state index >= 15 is 0 Å². The second-order valence-corrected chi connectivity index (χ2v) is 5.40. The Hall–Kier alpha value is -1.07. The van der Waals surface area contributed by atoms with Crippen LogP contribution in [0.1, 0.15) is 45.2 Å². The maximum absolute atomic E-state index is 5.79. The van der Waals surface area contributed by atoms with Gasteiger partial charge in [-0.15, -0.1) is 0 Å². The minimum absolute atomic E-state index is 0.156. The van der Waals surface area contributed by atoms with E-state index in [0.29, 0.717) is 24.8 Å². The molecule has 2 rings (SSSR count). The summed E-state index contributed by atoms with van der Waals surface area (Å²) in [4.78, 5) is 4.33. The molecule has 1 aromatic rings. The minimum atomic E-state index is 0.156. The SMILES string of the molecule is COC1CCCC(Oc2nc(CNC(C)C)co2)C1. The first-order valence-electron chi connectivity index (χ1n) is 7.04. The summed E-state index contributed by atoms with van der Waals surface area (Å²) in [5.74, 6) is 0. The molecule has 0 bridgehead atoms. The van der Waals surface area contributed by atoms with Crippen molar-refractivity contribution in [2.24, 2.45) is 0 Å².